The molecule has 0 radical (unpaired) electrons. The fraction of sp³-hybridized carbons (Fsp3) is 0.600. The summed E-state index contributed by atoms with van der Waals surface area (Å²) < 4.78 is 14.2. The van der Waals surface area contributed by atoms with Crippen LogP contribution in [0, 0.1) is 11.7 Å². The van der Waals surface area contributed by atoms with Gasteiger partial charge in [0.25, 0.3) is 5.91 Å². The van der Waals surface area contributed by atoms with Gasteiger partial charge in [-0.25, -0.2) is 9.37 Å². The van der Waals surface area contributed by atoms with Crippen LogP contribution in [0.15, 0.2) is 12.3 Å². The Balaban J connectivity index is 2.08. The second-order valence-corrected chi connectivity index (χ2v) is 5.66. The molecule has 0 spiro atoms. The number of likely N-dealkylation sites (tertiary alicyclic amines) is 1. The molecular weight excluding hydrogens is 271 g/mol. The van der Waals surface area contributed by atoms with Gasteiger partial charge in [-0.05, 0) is 38.9 Å². The summed E-state index contributed by atoms with van der Waals surface area (Å²) in [5, 5.41) is 5.77. The molecule has 2 unspecified atom stereocenters. The van der Waals surface area contributed by atoms with Gasteiger partial charge in [-0.15, -0.1) is 0 Å². The van der Waals surface area contributed by atoms with Crippen LogP contribution in [0.4, 0.5) is 10.2 Å². The highest BCUT2D eigenvalue weighted by atomic mass is 19.1. The second-order valence-electron chi connectivity index (χ2n) is 5.66. The number of nitrogens with zero attached hydrogens (tertiary/aromatic N) is 2. The normalized spacial score (nSPS) is 22.9. The fourth-order valence-corrected chi connectivity index (χ4v) is 2.72. The van der Waals surface area contributed by atoms with Crippen molar-refractivity contribution in [3.05, 3.63) is 23.6 Å². The molecule has 0 aliphatic carbocycles. The molecule has 6 heteroatoms. The quantitative estimate of drug-likeness (QED) is 0.888. The molecule has 1 aliphatic rings. The van der Waals surface area contributed by atoms with E-state index in [0.717, 1.165) is 19.5 Å². The van der Waals surface area contributed by atoms with Crippen LogP contribution in [0.3, 0.4) is 0 Å². The number of hydrogen-bond acceptors (Lipinski definition) is 4. The zero-order valence-electron chi connectivity index (χ0n) is 12.8. The summed E-state index contributed by atoms with van der Waals surface area (Å²) in [6.45, 7) is 6.39. The van der Waals surface area contributed by atoms with E-state index in [2.05, 4.69) is 34.5 Å². The molecule has 1 saturated heterocycles. The van der Waals surface area contributed by atoms with Crippen LogP contribution in [0.25, 0.3) is 0 Å². The van der Waals surface area contributed by atoms with Crippen molar-refractivity contribution >= 4 is 11.7 Å². The largest absolute Gasteiger partial charge is 0.368 e. The van der Waals surface area contributed by atoms with E-state index < -0.39 is 5.82 Å². The highest BCUT2D eigenvalue weighted by Gasteiger charge is 2.27. The molecule has 1 fully saturated rings. The van der Waals surface area contributed by atoms with Gasteiger partial charge in [0.1, 0.15) is 0 Å². The van der Waals surface area contributed by atoms with Crippen molar-refractivity contribution in [1.29, 1.82) is 0 Å². The maximum Gasteiger partial charge on any atom is 0.254 e. The number of rotatable bonds is 4. The van der Waals surface area contributed by atoms with Gasteiger partial charge in [-0.2, -0.15) is 0 Å². The Labute approximate surface area is 124 Å². The first-order valence-corrected chi connectivity index (χ1v) is 7.40. The predicted octanol–water partition coefficient (Wildman–Crippen LogP) is 1.72. The van der Waals surface area contributed by atoms with Gasteiger partial charge in [0.05, 0.1) is 5.56 Å². The minimum Gasteiger partial charge on any atom is -0.368 e. The maximum absolute atomic E-state index is 14.2. The number of pyridine rings is 1. The molecule has 21 heavy (non-hydrogen) atoms. The molecule has 5 nitrogen and oxygen atoms in total. The summed E-state index contributed by atoms with van der Waals surface area (Å²) in [5.41, 5.74) is 0.0482. The minimum atomic E-state index is -0.586. The molecule has 2 heterocycles. The van der Waals surface area contributed by atoms with Gasteiger partial charge in [0, 0.05) is 25.3 Å². The summed E-state index contributed by atoms with van der Waals surface area (Å²) >= 11 is 0. The van der Waals surface area contributed by atoms with Gasteiger partial charge in [-0.3, -0.25) is 4.79 Å². The molecule has 1 aromatic heterocycles. The molecule has 1 amide bonds. The monoisotopic (exact) mass is 294 g/mol. The van der Waals surface area contributed by atoms with Crippen LogP contribution in [0.5, 0.6) is 0 Å². The molecule has 1 aliphatic heterocycles. The number of amides is 1. The van der Waals surface area contributed by atoms with Crippen molar-refractivity contribution in [3.8, 4) is 0 Å². The summed E-state index contributed by atoms with van der Waals surface area (Å²) in [4.78, 5) is 18.4. The first-order chi connectivity index (χ1) is 10.0. The summed E-state index contributed by atoms with van der Waals surface area (Å²) in [6.07, 6.45) is 2.34. The fourth-order valence-electron chi connectivity index (χ4n) is 2.72. The van der Waals surface area contributed by atoms with Gasteiger partial charge < -0.3 is 15.5 Å². The molecule has 2 N–H and O–H groups in total. The SMILES string of the molecule is CCNc1nccc(C(=O)NC2CCN(C)CC2C)c1F. The Morgan fingerprint density at radius 1 is 1.57 bits per heavy atom. The van der Waals surface area contributed by atoms with Gasteiger partial charge in [0.2, 0.25) is 0 Å². The van der Waals surface area contributed by atoms with E-state index in [1.807, 2.05) is 6.92 Å². The molecule has 0 aromatic carbocycles. The van der Waals surface area contributed by atoms with E-state index in [1.165, 1.54) is 12.3 Å². The number of carbonyl (C=O) groups excluding carboxylic acids is 1. The van der Waals surface area contributed by atoms with Gasteiger partial charge >= 0.3 is 0 Å². The third-order valence-corrected chi connectivity index (χ3v) is 3.90. The number of halogens is 1. The summed E-state index contributed by atoms with van der Waals surface area (Å²) in [7, 11) is 2.07. The van der Waals surface area contributed by atoms with E-state index in [0.29, 0.717) is 12.5 Å². The number of hydrogen-bond donors (Lipinski definition) is 2. The summed E-state index contributed by atoms with van der Waals surface area (Å²) in [6, 6.07) is 1.51. The lowest BCUT2D eigenvalue weighted by atomic mass is 9.94. The Bertz CT molecular complexity index is 508. The zero-order chi connectivity index (χ0) is 15.4. The van der Waals surface area contributed by atoms with E-state index in [1.54, 1.807) is 0 Å². The van der Waals surface area contributed by atoms with Crippen molar-refractivity contribution < 1.29 is 9.18 Å². The lowest BCUT2D eigenvalue weighted by molar-refractivity contribution is 0.0879. The lowest BCUT2D eigenvalue weighted by Crippen LogP contribution is -2.49. The molecule has 2 rings (SSSR count). The van der Waals surface area contributed by atoms with Crippen molar-refractivity contribution in [2.24, 2.45) is 5.92 Å². The molecule has 116 valence electrons. The average Bonchev–Trinajstić information content (AvgIpc) is 2.44. The van der Waals surface area contributed by atoms with Crippen molar-refractivity contribution in [2.75, 3.05) is 32.0 Å². The lowest BCUT2D eigenvalue weighted by Gasteiger charge is -2.35. The number of anilines is 1. The Morgan fingerprint density at radius 2 is 2.33 bits per heavy atom. The van der Waals surface area contributed by atoms with Gasteiger partial charge in [-0.1, -0.05) is 6.92 Å². The number of nitrogens with one attached hydrogen (secondary N) is 2. The van der Waals surface area contributed by atoms with E-state index in [-0.39, 0.29) is 23.3 Å². The second kappa shape index (κ2) is 6.85. The van der Waals surface area contributed by atoms with Crippen LogP contribution in [-0.4, -0.2) is 48.5 Å². The first-order valence-electron chi connectivity index (χ1n) is 7.40. The van der Waals surface area contributed by atoms with Gasteiger partial charge in [0.15, 0.2) is 11.6 Å². The first kappa shape index (κ1) is 15.7. The van der Waals surface area contributed by atoms with Crippen LogP contribution in [-0.2, 0) is 0 Å². The standard InChI is InChI=1S/C15H23FN4O/c1-4-17-14-13(16)11(5-7-18-14)15(21)19-12-6-8-20(3)9-10(12)2/h5,7,10,12H,4,6,8-9H2,1-3H3,(H,17,18)(H,19,21). The Morgan fingerprint density at radius 3 is 3.00 bits per heavy atom. The Kier molecular flexibility index (Phi) is 5.12. The third kappa shape index (κ3) is 3.69. The predicted molar refractivity (Wildman–Crippen MR) is 80.9 cm³/mol. The van der Waals surface area contributed by atoms with Crippen molar-refractivity contribution in [2.45, 2.75) is 26.3 Å². The van der Waals surface area contributed by atoms with E-state index >= 15 is 0 Å². The number of carbonyl (C=O) groups is 1. The van der Waals surface area contributed by atoms with Crippen molar-refractivity contribution in [3.63, 3.8) is 0 Å². The topological polar surface area (TPSA) is 57.3 Å². The molecule has 2 atom stereocenters. The molecule has 1 aromatic rings. The highest BCUT2D eigenvalue weighted by Crippen LogP contribution is 2.18. The Hall–Kier alpha value is -1.69. The minimum absolute atomic E-state index is 0.0482. The smallest absolute Gasteiger partial charge is 0.254 e. The molecule has 0 bridgehead atoms. The molecular formula is C15H23FN4O. The summed E-state index contributed by atoms with van der Waals surface area (Å²) in [5.74, 6) is -0.472. The van der Waals surface area contributed by atoms with Crippen LogP contribution in [0.1, 0.15) is 30.6 Å². The third-order valence-electron chi connectivity index (χ3n) is 3.90. The van der Waals surface area contributed by atoms with Crippen LogP contribution >= 0.6 is 0 Å². The molecule has 0 saturated carbocycles. The maximum atomic E-state index is 14.2. The number of aromatic nitrogens is 1. The van der Waals surface area contributed by atoms with Crippen LogP contribution < -0.4 is 10.6 Å². The highest BCUT2D eigenvalue weighted by molar-refractivity contribution is 5.95. The van der Waals surface area contributed by atoms with E-state index in [9.17, 15) is 9.18 Å². The number of piperidine rings is 1. The average molecular weight is 294 g/mol. The zero-order valence-corrected chi connectivity index (χ0v) is 12.8. The van der Waals surface area contributed by atoms with Crippen LogP contribution in [0.2, 0.25) is 0 Å². The van der Waals surface area contributed by atoms with Crippen molar-refractivity contribution in [1.82, 2.24) is 15.2 Å². The van der Waals surface area contributed by atoms with E-state index in [4.69, 9.17) is 0 Å².